The van der Waals surface area contributed by atoms with E-state index in [1.807, 2.05) is 13.8 Å². The maximum atomic E-state index is 10.5. The Morgan fingerprint density at radius 1 is 1.55 bits per heavy atom. The predicted molar refractivity (Wildman–Crippen MR) is 42.5 cm³/mol. The van der Waals surface area contributed by atoms with Crippen molar-refractivity contribution in [2.75, 3.05) is 13.2 Å². The molecular weight excluding hydrogens is 144 g/mol. The number of carbonyl (C=O) groups is 1. The van der Waals surface area contributed by atoms with Gasteiger partial charge >= 0.3 is 5.97 Å². The lowest BCUT2D eigenvalue weighted by molar-refractivity contribution is -0.142. The van der Waals surface area contributed by atoms with Crippen LogP contribution in [0, 0.1) is 5.92 Å². The maximum absolute atomic E-state index is 10.5. The molecule has 0 spiro atoms. The summed E-state index contributed by atoms with van der Waals surface area (Å²) in [7, 11) is 0. The van der Waals surface area contributed by atoms with Crippen molar-refractivity contribution in [1.29, 1.82) is 0 Å². The fraction of sp³-hybridized carbons (Fsp3) is 0.875. The predicted octanol–water partition coefficient (Wildman–Crippen LogP) is 1.52. The van der Waals surface area contributed by atoms with Crippen LogP contribution in [-0.2, 0) is 9.53 Å². The quantitative estimate of drug-likeness (QED) is 0.599. The molecule has 66 valence electrons. The van der Waals surface area contributed by atoms with Gasteiger partial charge in [-0.3, -0.25) is 4.79 Å². The third-order valence-electron chi connectivity index (χ3n) is 1.66. The minimum absolute atomic E-state index is 0.235. The average Bonchev–Trinajstić information content (AvgIpc) is 1.97. The van der Waals surface area contributed by atoms with Crippen molar-refractivity contribution in [1.82, 2.24) is 0 Å². The summed E-state index contributed by atoms with van der Waals surface area (Å²) in [4.78, 5) is 10.5. The Bertz CT molecular complexity index is 112. The maximum Gasteiger partial charge on any atom is 0.306 e. The van der Waals surface area contributed by atoms with Crippen LogP contribution in [0.3, 0.4) is 0 Å². The largest absolute Gasteiger partial charge is 0.481 e. The Balaban J connectivity index is 3.44. The van der Waals surface area contributed by atoms with Crippen molar-refractivity contribution >= 4 is 5.97 Å². The lowest BCUT2D eigenvalue weighted by atomic mass is 10.0. The van der Waals surface area contributed by atoms with Crippen molar-refractivity contribution in [3.63, 3.8) is 0 Å². The van der Waals surface area contributed by atoms with Crippen LogP contribution in [0.15, 0.2) is 0 Å². The van der Waals surface area contributed by atoms with E-state index in [1.165, 1.54) is 0 Å². The first-order valence-electron chi connectivity index (χ1n) is 4.02. The highest BCUT2D eigenvalue weighted by molar-refractivity contribution is 5.69. The lowest BCUT2D eigenvalue weighted by Gasteiger charge is -2.08. The van der Waals surface area contributed by atoms with Crippen LogP contribution in [0.5, 0.6) is 0 Å². The highest BCUT2D eigenvalue weighted by atomic mass is 16.5. The summed E-state index contributed by atoms with van der Waals surface area (Å²) in [6.07, 6.45) is 1.31. The van der Waals surface area contributed by atoms with Crippen LogP contribution in [0.1, 0.15) is 26.7 Å². The van der Waals surface area contributed by atoms with Crippen LogP contribution in [0.2, 0.25) is 0 Å². The van der Waals surface area contributed by atoms with Crippen LogP contribution < -0.4 is 0 Å². The van der Waals surface area contributed by atoms with Gasteiger partial charge in [-0.2, -0.15) is 0 Å². The molecule has 1 atom stereocenters. The molecule has 0 aromatic rings. The van der Waals surface area contributed by atoms with Crippen LogP contribution in [-0.4, -0.2) is 24.3 Å². The van der Waals surface area contributed by atoms with Gasteiger partial charge in [-0.05, 0) is 19.8 Å². The molecule has 3 nitrogen and oxygen atoms in total. The summed E-state index contributed by atoms with van der Waals surface area (Å²) in [5.74, 6) is -0.950. The second-order valence-electron chi connectivity index (χ2n) is 2.43. The van der Waals surface area contributed by atoms with E-state index >= 15 is 0 Å². The second kappa shape index (κ2) is 6.16. The van der Waals surface area contributed by atoms with Gasteiger partial charge < -0.3 is 9.84 Å². The summed E-state index contributed by atoms with van der Waals surface area (Å²) in [5.41, 5.74) is 0. The van der Waals surface area contributed by atoms with E-state index in [0.717, 1.165) is 0 Å². The number of rotatable bonds is 6. The van der Waals surface area contributed by atoms with Gasteiger partial charge in [0, 0.05) is 13.2 Å². The zero-order chi connectivity index (χ0) is 8.69. The molecule has 0 bridgehead atoms. The van der Waals surface area contributed by atoms with Crippen molar-refractivity contribution in [3.8, 4) is 0 Å². The Morgan fingerprint density at radius 2 is 2.18 bits per heavy atom. The van der Waals surface area contributed by atoms with E-state index in [1.54, 1.807) is 0 Å². The molecule has 1 unspecified atom stereocenters. The van der Waals surface area contributed by atoms with Crippen molar-refractivity contribution < 1.29 is 14.6 Å². The van der Waals surface area contributed by atoms with Crippen LogP contribution >= 0.6 is 0 Å². The van der Waals surface area contributed by atoms with Gasteiger partial charge in [0.1, 0.15) is 0 Å². The Morgan fingerprint density at radius 3 is 2.55 bits per heavy atom. The average molecular weight is 160 g/mol. The number of ether oxygens (including phenoxy) is 1. The molecule has 0 aliphatic rings. The molecular formula is C8H16O3. The fourth-order valence-corrected chi connectivity index (χ4v) is 0.872. The van der Waals surface area contributed by atoms with Crippen molar-refractivity contribution in [2.45, 2.75) is 26.7 Å². The summed E-state index contributed by atoms with van der Waals surface area (Å²) >= 11 is 0. The molecule has 11 heavy (non-hydrogen) atoms. The number of aliphatic carboxylic acids is 1. The third kappa shape index (κ3) is 4.79. The Labute approximate surface area is 67.4 Å². The van der Waals surface area contributed by atoms with Gasteiger partial charge in [0.25, 0.3) is 0 Å². The molecule has 0 heterocycles. The molecule has 0 saturated carbocycles. The molecule has 0 fully saturated rings. The molecule has 0 radical (unpaired) electrons. The van der Waals surface area contributed by atoms with E-state index in [0.29, 0.717) is 26.1 Å². The molecule has 0 amide bonds. The summed E-state index contributed by atoms with van der Waals surface area (Å²) in [5, 5.41) is 8.62. The fourth-order valence-electron chi connectivity index (χ4n) is 0.872. The Hall–Kier alpha value is -0.570. The number of carboxylic acid groups (broad SMARTS) is 1. The monoisotopic (exact) mass is 160 g/mol. The van der Waals surface area contributed by atoms with Gasteiger partial charge in [0.15, 0.2) is 0 Å². The van der Waals surface area contributed by atoms with Crippen LogP contribution in [0.4, 0.5) is 0 Å². The SMILES string of the molecule is CCOCCC(CC)C(=O)O. The van der Waals surface area contributed by atoms with Gasteiger partial charge in [-0.25, -0.2) is 0 Å². The molecule has 0 rings (SSSR count). The minimum Gasteiger partial charge on any atom is -0.481 e. The van der Waals surface area contributed by atoms with Gasteiger partial charge in [0.2, 0.25) is 0 Å². The molecule has 0 aromatic heterocycles. The summed E-state index contributed by atoms with van der Waals surface area (Å²) in [6, 6.07) is 0. The molecule has 0 saturated heterocycles. The van der Waals surface area contributed by atoms with E-state index < -0.39 is 5.97 Å². The first kappa shape index (κ1) is 10.4. The molecule has 3 heteroatoms. The van der Waals surface area contributed by atoms with Gasteiger partial charge in [0.05, 0.1) is 5.92 Å². The topological polar surface area (TPSA) is 46.5 Å². The molecule has 0 aromatic carbocycles. The lowest BCUT2D eigenvalue weighted by Crippen LogP contribution is -2.14. The summed E-state index contributed by atoms with van der Waals surface area (Å²) < 4.78 is 5.05. The zero-order valence-electron chi connectivity index (χ0n) is 7.17. The van der Waals surface area contributed by atoms with Crippen molar-refractivity contribution in [2.24, 2.45) is 5.92 Å². The number of hydrogen-bond acceptors (Lipinski definition) is 2. The highest BCUT2D eigenvalue weighted by Gasteiger charge is 2.13. The first-order valence-corrected chi connectivity index (χ1v) is 4.02. The number of carboxylic acids is 1. The number of hydrogen-bond donors (Lipinski definition) is 1. The van der Waals surface area contributed by atoms with E-state index in [-0.39, 0.29) is 5.92 Å². The Kier molecular flexibility index (Phi) is 5.84. The van der Waals surface area contributed by atoms with Crippen molar-refractivity contribution in [3.05, 3.63) is 0 Å². The van der Waals surface area contributed by atoms with Gasteiger partial charge in [-0.1, -0.05) is 6.92 Å². The first-order chi connectivity index (χ1) is 5.22. The van der Waals surface area contributed by atoms with E-state index in [9.17, 15) is 4.79 Å². The van der Waals surface area contributed by atoms with Crippen LogP contribution in [0.25, 0.3) is 0 Å². The van der Waals surface area contributed by atoms with Gasteiger partial charge in [-0.15, -0.1) is 0 Å². The standard InChI is InChI=1S/C8H16O3/c1-3-7(8(9)10)5-6-11-4-2/h7H,3-6H2,1-2H3,(H,9,10). The van der Waals surface area contributed by atoms with E-state index in [2.05, 4.69) is 0 Å². The molecule has 0 aliphatic carbocycles. The second-order valence-corrected chi connectivity index (χ2v) is 2.43. The smallest absolute Gasteiger partial charge is 0.306 e. The third-order valence-corrected chi connectivity index (χ3v) is 1.66. The highest BCUT2D eigenvalue weighted by Crippen LogP contribution is 2.07. The normalized spacial score (nSPS) is 12.9. The molecule has 1 N–H and O–H groups in total. The van der Waals surface area contributed by atoms with E-state index in [4.69, 9.17) is 9.84 Å². The molecule has 0 aliphatic heterocycles. The zero-order valence-corrected chi connectivity index (χ0v) is 7.17. The summed E-state index contributed by atoms with van der Waals surface area (Å²) in [6.45, 7) is 5.00. The minimum atomic E-state index is -0.716.